The molecule has 3 aromatic rings. The van der Waals surface area contributed by atoms with Gasteiger partial charge in [0, 0.05) is 10.9 Å². The summed E-state index contributed by atoms with van der Waals surface area (Å²) < 4.78 is 30.0. The molecule has 1 fully saturated rings. The highest BCUT2D eigenvalue weighted by molar-refractivity contribution is 6.74. The second-order valence-corrected chi connectivity index (χ2v) is 18.0. The van der Waals surface area contributed by atoms with Gasteiger partial charge in [0.05, 0.1) is 30.6 Å². The van der Waals surface area contributed by atoms with E-state index in [1.807, 2.05) is 76.2 Å². The van der Waals surface area contributed by atoms with E-state index in [1.54, 1.807) is 7.11 Å². The minimum Gasteiger partial charge on any atom is -0.496 e. The van der Waals surface area contributed by atoms with Crippen LogP contribution in [0.3, 0.4) is 0 Å². The molecule has 9 heteroatoms. The zero-order chi connectivity index (χ0) is 30.2. The summed E-state index contributed by atoms with van der Waals surface area (Å²) in [5.41, 5.74) is 2.49. The summed E-state index contributed by atoms with van der Waals surface area (Å²) in [6, 6.07) is 17.6. The standard InChI is InChI=1S/C32H44BNO6Si/c1-30(2,3)41(9,10)38-21-22-16-18-27(26-14-12-11-13-25(22)26)34-29(35)37-20-23-15-17-24(19-28(23)36-8)33-39-31(4,5)32(6,7)40-33/h11-19H,20-21H2,1-10H3,(H,34,35). The van der Waals surface area contributed by atoms with E-state index >= 15 is 0 Å². The Kier molecular flexibility index (Phi) is 8.68. The van der Waals surface area contributed by atoms with Gasteiger partial charge in [0.15, 0.2) is 8.32 Å². The summed E-state index contributed by atoms with van der Waals surface area (Å²) in [4.78, 5) is 12.9. The van der Waals surface area contributed by atoms with Crippen LogP contribution in [0.5, 0.6) is 5.75 Å². The Bertz CT molecular complexity index is 1400. The number of hydrogen-bond acceptors (Lipinski definition) is 6. The number of fused-ring (bicyclic) bond motifs is 1. The van der Waals surface area contributed by atoms with Crippen LogP contribution >= 0.6 is 0 Å². The van der Waals surface area contributed by atoms with Crippen LogP contribution in [0.4, 0.5) is 10.5 Å². The van der Waals surface area contributed by atoms with Crippen molar-refractivity contribution in [3.05, 3.63) is 65.7 Å². The molecule has 1 aliphatic heterocycles. The van der Waals surface area contributed by atoms with Gasteiger partial charge in [-0.2, -0.15) is 0 Å². The smallest absolute Gasteiger partial charge is 0.494 e. The molecule has 1 saturated heterocycles. The molecule has 4 rings (SSSR count). The fraction of sp³-hybridized carbons (Fsp3) is 0.469. The molecule has 0 spiro atoms. The van der Waals surface area contributed by atoms with Gasteiger partial charge in [-0.1, -0.05) is 63.2 Å². The van der Waals surface area contributed by atoms with E-state index in [1.165, 1.54) is 0 Å². The number of rotatable bonds is 8. The predicted molar refractivity (Wildman–Crippen MR) is 168 cm³/mol. The van der Waals surface area contributed by atoms with E-state index in [2.05, 4.69) is 45.2 Å². The lowest BCUT2D eigenvalue weighted by Crippen LogP contribution is -2.41. The van der Waals surface area contributed by atoms with E-state index in [-0.39, 0.29) is 11.6 Å². The first-order valence-electron chi connectivity index (χ1n) is 14.2. The summed E-state index contributed by atoms with van der Waals surface area (Å²) in [7, 11) is -0.815. The molecule has 0 aromatic heterocycles. The monoisotopic (exact) mass is 577 g/mol. The molecule has 0 bridgehead atoms. The van der Waals surface area contributed by atoms with E-state index in [9.17, 15) is 4.79 Å². The van der Waals surface area contributed by atoms with Crippen molar-refractivity contribution in [2.24, 2.45) is 0 Å². The number of nitrogens with one attached hydrogen (secondary N) is 1. The fourth-order valence-electron chi connectivity index (χ4n) is 4.37. The highest BCUT2D eigenvalue weighted by atomic mass is 28.4. The van der Waals surface area contributed by atoms with Gasteiger partial charge in [0.2, 0.25) is 0 Å². The molecule has 1 amide bonds. The van der Waals surface area contributed by atoms with Gasteiger partial charge in [0.25, 0.3) is 0 Å². The molecular formula is C32H44BNO6Si. The molecule has 0 saturated carbocycles. The number of carbonyl (C=O) groups is 1. The summed E-state index contributed by atoms with van der Waals surface area (Å²) in [5.74, 6) is 0.599. The highest BCUT2D eigenvalue weighted by Crippen LogP contribution is 2.38. The Morgan fingerprint density at radius 2 is 1.51 bits per heavy atom. The normalized spacial score (nSPS) is 16.6. The number of hydrogen-bond donors (Lipinski definition) is 1. The molecular weight excluding hydrogens is 533 g/mol. The van der Waals surface area contributed by atoms with E-state index < -0.39 is 32.7 Å². The van der Waals surface area contributed by atoms with Crippen molar-refractivity contribution in [2.75, 3.05) is 12.4 Å². The molecule has 0 atom stereocenters. The largest absolute Gasteiger partial charge is 0.496 e. The molecule has 0 unspecified atom stereocenters. The lowest BCUT2D eigenvalue weighted by molar-refractivity contribution is 0.00578. The lowest BCUT2D eigenvalue weighted by atomic mass is 9.78. The Balaban J connectivity index is 1.44. The molecule has 220 valence electrons. The topological polar surface area (TPSA) is 75.2 Å². The van der Waals surface area contributed by atoms with Gasteiger partial charge in [-0.25, -0.2) is 4.79 Å². The Labute approximate surface area is 246 Å². The van der Waals surface area contributed by atoms with Crippen LogP contribution in [0.1, 0.15) is 59.6 Å². The summed E-state index contributed by atoms with van der Waals surface area (Å²) in [6.45, 7) is 19.9. The number of carbonyl (C=O) groups excluding carboxylic acids is 1. The van der Waals surface area contributed by atoms with Gasteiger partial charge in [0.1, 0.15) is 12.4 Å². The fourth-order valence-corrected chi connectivity index (χ4v) is 5.32. The number of benzene rings is 3. The first-order chi connectivity index (χ1) is 19.0. The van der Waals surface area contributed by atoms with Crippen LogP contribution in [0.2, 0.25) is 18.1 Å². The van der Waals surface area contributed by atoms with Crippen LogP contribution in [0, 0.1) is 0 Å². The maximum atomic E-state index is 12.9. The number of anilines is 1. The van der Waals surface area contributed by atoms with Crippen molar-refractivity contribution < 1.29 is 28.0 Å². The van der Waals surface area contributed by atoms with Gasteiger partial charge < -0.3 is 23.2 Å². The molecule has 7 nitrogen and oxygen atoms in total. The van der Waals surface area contributed by atoms with E-state index in [4.69, 9.17) is 23.2 Å². The average Bonchev–Trinajstić information content (AvgIpc) is 3.12. The van der Waals surface area contributed by atoms with Crippen molar-refractivity contribution in [1.29, 1.82) is 0 Å². The molecule has 0 radical (unpaired) electrons. The maximum absolute atomic E-state index is 12.9. The van der Waals surface area contributed by atoms with Crippen molar-refractivity contribution in [3.8, 4) is 5.75 Å². The summed E-state index contributed by atoms with van der Waals surface area (Å²) >= 11 is 0. The molecule has 41 heavy (non-hydrogen) atoms. The molecule has 0 aliphatic carbocycles. The number of methoxy groups -OCH3 is 1. The van der Waals surface area contributed by atoms with Crippen LogP contribution in [-0.2, 0) is 31.7 Å². The minimum absolute atomic E-state index is 0.0506. The second kappa shape index (κ2) is 11.4. The summed E-state index contributed by atoms with van der Waals surface area (Å²) in [6.07, 6.45) is -0.544. The third-order valence-electron chi connectivity index (χ3n) is 8.84. The van der Waals surface area contributed by atoms with Crippen LogP contribution in [0.15, 0.2) is 54.6 Å². The minimum atomic E-state index is -1.90. The van der Waals surface area contributed by atoms with Gasteiger partial charge in [-0.15, -0.1) is 0 Å². The van der Waals surface area contributed by atoms with E-state index in [0.29, 0.717) is 18.0 Å². The Hall–Kier alpha value is -2.85. The molecule has 1 N–H and O–H groups in total. The average molecular weight is 578 g/mol. The first-order valence-corrected chi connectivity index (χ1v) is 17.1. The van der Waals surface area contributed by atoms with Crippen LogP contribution in [-0.4, -0.2) is 39.8 Å². The summed E-state index contributed by atoms with van der Waals surface area (Å²) in [5, 5.41) is 5.03. The third-order valence-corrected chi connectivity index (χ3v) is 13.3. The van der Waals surface area contributed by atoms with Crippen molar-refractivity contribution in [1.82, 2.24) is 0 Å². The van der Waals surface area contributed by atoms with Crippen molar-refractivity contribution >= 4 is 43.5 Å². The second-order valence-electron chi connectivity index (χ2n) is 13.2. The third kappa shape index (κ3) is 6.64. The number of ether oxygens (including phenoxy) is 2. The van der Waals surface area contributed by atoms with Crippen LogP contribution < -0.4 is 15.5 Å². The molecule has 3 aromatic carbocycles. The van der Waals surface area contributed by atoms with Gasteiger partial charge in [-0.05, 0) is 74.4 Å². The van der Waals surface area contributed by atoms with Gasteiger partial charge >= 0.3 is 13.2 Å². The Morgan fingerprint density at radius 3 is 2.12 bits per heavy atom. The quantitative estimate of drug-likeness (QED) is 0.281. The maximum Gasteiger partial charge on any atom is 0.494 e. The first kappa shape index (κ1) is 31.1. The predicted octanol–water partition coefficient (Wildman–Crippen LogP) is 7.42. The van der Waals surface area contributed by atoms with Crippen molar-refractivity contribution in [3.63, 3.8) is 0 Å². The highest BCUT2D eigenvalue weighted by Gasteiger charge is 2.51. The van der Waals surface area contributed by atoms with Crippen LogP contribution in [0.25, 0.3) is 10.8 Å². The lowest BCUT2D eigenvalue weighted by Gasteiger charge is -2.36. The molecule has 1 aliphatic rings. The SMILES string of the molecule is COc1cc(B2OC(C)(C)C(C)(C)O2)ccc1COC(=O)Nc1ccc(CO[Si](C)(C)C(C)(C)C)c2ccccc12. The molecule has 1 heterocycles. The van der Waals surface area contributed by atoms with Crippen molar-refractivity contribution in [2.45, 2.75) is 91.0 Å². The van der Waals surface area contributed by atoms with E-state index in [0.717, 1.165) is 27.4 Å². The zero-order valence-corrected chi connectivity index (χ0v) is 27.1. The number of amides is 1. The van der Waals surface area contributed by atoms with Gasteiger partial charge in [-0.3, -0.25) is 5.32 Å². The zero-order valence-electron chi connectivity index (χ0n) is 26.1. The Morgan fingerprint density at radius 1 is 0.902 bits per heavy atom.